The molecule has 2 heteroatoms. The summed E-state index contributed by atoms with van der Waals surface area (Å²) in [5.41, 5.74) is 0.863. The maximum Gasteiger partial charge on any atom is 0.126 e. The van der Waals surface area contributed by atoms with E-state index >= 15 is 0 Å². The summed E-state index contributed by atoms with van der Waals surface area (Å²) in [7, 11) is 0. The Kier molecular flexibility index (Phi) is 2.24. The van der Waals surface area contributed by atoms with Crippen molar-refractivity contribution in [3.05, 3.63) is 35.6 Å². The summed E-state index contributed by atoms with van der Waals surface area (Å²) in [6.07, 6.45) is 4.81. The van der Waals surface area contributed by atoms with Crippen LogP contribution in [0.2, 0.25) is 0 Å². The Morgan fingerprint density at radius 1 is 1.27 bits per heavy atom. The van der Waals surface area contributed by atoms with Crippen molar-refractivity contribution in [1.82, 2.24) is 5.32 Å². The molecule has 15 heavy (non-hydrogen) atoms. The van der Waals surface area contributed by atoms with Gasteiger partial charge in [0.05, 0.1) is 0 Å². The van der Waals surface area contributed by atoms with Gasteiger partial charge in [-0.25, -0.2) is 4.39 Å². The highest BCUT2D eigenvalue weighted by Gasteiger charge is 2.38. The van der Waals surface area contributed by atoms with Crippen molar-refractivity contribution < 1.29 is 4.39 Å². The van der Waals surface area contributed by atoms with Crippen molar-refractivity contribution in [2.24, 2.45) is 5.92 Å². The molecule has 3 unspecified atom stereocenters. The minimum atomic E-state index is -0.0536. The first kappa shape index (κ1) is 9.34. The molecule has 1 saturated carbocycles. The predicted octanol–water partition coefficient (Wildman–Crippen LogP) is 2.51. The van der Waals surface area contributed by atoms with E-state index < -0.39 is 0 Å². The monoisotopic (exact) mass is 205 g/mol. The first-order valence-electron chi connectivity index (χ1n) is 5.82. The van der Waals surface area contributed by atoms with Crippen molar-refractivity contribution in [2.45, 2.75) is 37.8 Å². The molecule has 2 fully saturated rings. The van der Waals surface area contributed by atoms with Gasteiger partial charge in [0.2, 0.25) is 0 Å². The Hall–Kier alpha value is -0.890. The molecule has 3 rings (SSSR count). The van der Waals surface area contributed by atoms with Crippen LogP contribution in [-0.4, -0.2) is 12.1 Å². The summed E-state index contributed by atoms with van der Waals surface area (Å²) in [6.45, 7) is 0. The van der Waals surface area contributed by atoms with Crippen LogP contribution in [0.3, 0.4) is 0 Å². The average molecular weight is 205 g/mol. The Balaban J connectivity index is 1.73. The molecule has 0 radical (unpaired) electrons. The number of piperidine rings is 1. The minimum Gasteiger partial charge on any atom is -0.311 e. The third-order valence-corrected chi connectivity index (χ3v) is 3.89. The van der Waals surface area contributed by atoms with Crippen LogP contribution in [0.5, 0.6) is 0 Å². The molecule has 80 valence electrons. The molecule has 0 amide bonds. The van der Waals surface area contributed by atoms with Crippen LogP contribution in [0.15, 0.2) is 24.3 Å². The van der Waals surface area contributed by atoms with Crippen LogP contribution < -0.4 is 5.32 Å². The number of rotatable bonds is 2. The molecule has 2 aliphatic rings. The molecule has 1 aromatic carbocycles. The highest BCUT2D eigenvalue weighted by Crippen LogP contribution is 2.36. The van der Waals surface area contributed by atoms with Gasteiger partial charge in [-0.05, 0) is 43.2 Å². The highest BCUT2D eigenvalue weighted by molar-refractivity contribution is 5.19. The Morgan fingerprint density at radius 3 is 2.80 bits per heavy atom. The summed E-state index contributed by atoms with van der Waals surface area (Å²) in [5, 5.41) is 3.60. The number of hydrogen-bond donors (Lipinski definition) is 1. The van der Waals surface area contributed by atoms with Crippen molar-refractivity contribution in [1.29, 1.82) is 0 Å². The molecule has 0 aromatic heterocycles. The van der Waals surface area contributed by atoms with E-state index in [9.17, 15) is 4.39 Å². The van der Waals surface area contributed by atoms with Gasteiger partial charge in [-0.2, -0.15) is 0 Å². The number of nitrogens with one attached hydrogen (secondary N) is 1. The minimum absolute atomic E-state index is 0.0536. The molecule has 1 saturated heterocycles. The van der Waals surface area contributed by atoms with Crippen molar-refractivity contribution in [3.8, 4) is 0 Å². The van der Waals surface area contributed by atoms with Gasteiger partial charge in [0, 0.05) is 12.1 Å². The Morgan fingerprint density at radius 2 is 2.13 bits per heavy atom. The molecule has 1 nitrogen and oxygen atoms in total. The second-order valence-corrected chi connectivity index (χ2v) is 4.84. The summed E-state index contributed by atoms with van der Waals surface area (Å²) in [4.78, 5) is 0. The predicted molar refractivity (Wildman–Crippen MR) is 58.2 cm³/mol. The molecule has 0 spiro atoms. The zero-order chi connectivity index (χ0) is 10.3. The van der Waals surface area contributed by atoms with Gasteiger partial charge in [-0.1, -0.05) is 18.2 Å². The molecule has 2 bridgehead atoms. The first-order chi connectivity index (χ1) is 7.33. The van der Waals surface area contributed by atoms with Gasteiger partial charge in [-0.15, -0.1) is 0 Å². The zero-order valence-electron chi connectivity index (χ0n) is 8.75. The lowest BCUT2D eigenvalue weighted by atomic mass is 9.93. The maximum atomic E-state index is 13.5. The van der Waals surface area contributed by atoms with E-state index in [0.717, 1.165) is 17.9 Å². The third kappa shape index (κ3) is 1.67. The maximum absolute atomic E-state index is 13.5. The third-order valence-electron chi connectivity index (χ3n) is 3.89. The van der Waals surface area contributed by atoms with E-state index in [1.807, 2.05) is 12.1 Å². The summed E-state index contributed by atoms with van der Waals surface area (Å²) in [6, 6.07) is 8.37. The van der Waals surface area contributed by atoms with E-state index in [2.05, 4.69) is 5.32 Å². The summed E-state index contributed by atoms with van der Waals surface area (Å²) in [5.74, 6) is 0.733. The summed E-state index contributed by atoms with van der Waals surface area (Å²) >= 11 is 0. The summed E-state index contributed by atoms with van der Waals surface area (Å²) < 4.78 is 13.5. The van der Waals surface area contributed by atoms with Crippen molar-refractivity contribution in [3.63, 3.8) is 0 Å². The molecule has 1 aliphatic carbocycles. The Labute approximate surface area is 89.7 Å². The molecule has 1 N–H and O–H groups in total. The zero-order valence-corrected chi connectivity index (χ0v) is 8.75. The largest absolute Gasteiger partial charge is 0.311 e. The van der Waals surface area contributed by atoms with Crippen LogP contribution in [-0.2, 0) is 6.42 Å². The fourth-order valence-electron chi connectivity index (χ4n) is 3.10. The lowest BCUT2D eigenvalue weighted by Crippen LogP contribution is -2.37. The molecular formula is C13H16FN. The highest BCUT2D eigenvalue weighted by atomic mass is 19.1. The molecule has 1 heterocycles. The fraction of sp³-hybridized carbons (Fsp3) is 0.538. The topological polar surface area (TPSA) is 12.0 Å². The number of halogens is 1. The van der Waals surface area contributed by atoms with Gasteiger partial charge in [0.25, 0.3) is 0 Å². The lowest BCUT2D eigenvalue weighted by Gasteiger charge is -2.23. The number of fused-ring (bicyclic) bond motifs is 2. The fourth-order valence-corrected chi connectivity index (χ4v) is 3.10. The smallest absolute Gasteiger partial charge is 0.126 e. The van der Waals surface area contributed by atoms with Crippen LogP contribution in [0.4, 0.5) is 4.39 Å². The first-order valence-corrected chi connectivity index (χ1v) is 5.82. The van der Waals surface area contributed by atoms with Crippen LogP contribution in [0, 0.1) is 11.7 Å². The van der Waals surface area contributed by atoms with Gasteiger partial charge < -0.3 is 5.32 Å². The van der Waals surface area contributed by atoms with E-state index in [0.29, 0.717) is 12.1 Å². The quantitative estimate of drug-likeness (QED) is 0.782. The van der Waals surface area contributed by atoms with Gasteiger partial charge in [0.1, 0.15) is 5.82 Å². The molecule has 1 aliphatic heterocycles. The van der Waals surface area contributed by atoms with E-state index in [1.54, 1.807) is 12.1 Å². The molecular weight excluding hydrogens is 189 g/mol. The van der Waals surface area contributed by atoms with Gasteiger partial charge >= 0.3 is 0 Å². The van der Waals surface area contributed by atoms with Crippen LogP contribution in [0.1, 0.15) is 24.8 Å². The van der Waals surface area contributed by atoms with E-state index in [1.165, 1.54) is 19.3 Å². The number of hydrogen-bond acceptors (Lipinski definition) is 1. The van der Waals surface area contributed by atoms with Gasteiger partial charge in [0.15, 0.2) is 0 Å². The van der Waals surface area contributed by atoms with E-state index in [4.69, 9.17) is 0 Å². The normalized spacial score (nSPS) is 33.5. The molecule has 3 atom stereocenters. The standard InChI is InChI=1S/C13H16FN/c14-12-4-2-1-3-9(12)8-13-10-5-6-11(7-10)15-13/h1-4,10-11,13,15H,5-8H2. The Bertz CT molecular complexity index is 363. The number of benzene rings is 1. The second-order valence-electron chi connectivity index (χ2n) is 4.84. The van der Waals surface area contributed by atoms with Gasteiger partial charge in [-0.3, -0.25) is 0 Å². The van der Waals surface area contributed by atoms with Crippen molar-refractivity contribution in [2.75, 3.05) is 0 Å². The van der Waals surface area contributed by atoms with Crippen LogP contribution >= 0.6 is 0 Å². The van der Waals surface area contributed by atoms with Crippen LogP contribution in [0.25, 0.3) is 0 Å². The van der Waals surface area contributed by atoms with Crippen molar-refractivity contribution >= 4 is 0 Å². The SMILES string of the molecule is Fc1ccccc1CC1NC2CCC1C2. The average Bonchev–Trinajstić information content (AvgIpc) is 2.83. The molecule has 1 aromatic rings. The van der Waals surface area contributed by atoms with E-state index in [-0.39, 0.29) is 5.82 Å². The second kappa shape index (κ2) is 3.60. The lowest BCUT2D eigenvalue weighted by molar-refractivity contribution is 0.376.